The minimum atomic E-state index is -3.65. The highest BCUT2D eigenvalue weighted by Crippen LogP contribution is 2.38. The number of fused-ring (bicyclic) bond motifs is 1. The molecule has 0 aliphatic carbocycles. The molecule has 2 aromatic rings. The van der Waals surface area contributed by atoms with E-state index in [9.17, 15) is 18.0 Å². The van der Waals surface area contributed by atoms with Crippen molar-refractivity contribution in [2.45, 2.75) is 48.2 Å². The van der Waals surface area contributed by atoms with Crippen molar-refractivity contribution < 1.29 is 18.0 Å². The second-order valence-electron chi connectivity index (χ2n) is 6.83. The van der Waals surface area contributed by atoms with E-state index in [1.807, 2.05) is 32.0 Å². The fourth-order valence-corrected chi connectivity index (χ4v) is 5.31. The molecule has 0 radical (unpaired) electrons. The quantitative estimate of drug-likeness (QED) is 0.693. The van der Waals surface area contributed by atoms with Gasteiger partial charge in [0.2, 0.25) is 11.8 Å². The molecule has 1 atom stereocenters. The highest BCUT2D eigenvalue weighted by atomic mass is 32.2. The lowest BCUT2D eigenvalue weighted by Gasteiger charge is -2.23. The molecule has 29 heavy (non-hydrogen) atoms. The fourth-order valence-electron chi connectivity index (χ4n) is 3.03. The van der Waals surface area contributed by atoms with Gasteiger partial charge in [0.15, 0.2) is 9.84 Å². The van der Waals surface area contributed by atoms with E-state index in [4.69, 9.17) is 0 Å². The van der Waals surface area contributed by atoms with Gasteiger partial charge in [-0.2, -0.15) is 0 Å². The van der Waals surface area contributed by atoms with Crippen molar-refractivity contribution >= 4 is 44.8 Å². The van der Waals surface area contributed by atoms with Crippen LogP contribution < -0.4 is 10.6 Å². The van der Waals surface area contributed by atoms with Crippen LogP contribution in [0.5, 0.6) is 0 Å². The molecular formula is C21H24N2O4S2. The zero-order valence-electron chi connectivity index (χ0n) is 16.4. The summed E-state index contributed by atoms with van der Waals surface area (Å²) in [7, 11) is -3.65. The van der Waals surface area contributed by atoms with Crippen molar-refractivity contribution in [1.82, 2.24) is 0 Å². The van der Waals surface area contributed by atoms with E-state index in [-0.39, 0.29) is 34.1 Å². The Bertz CT molecular complexity index is 1030. The highest BCUT2D eigenvalue weighted by molar-refractivity contribution is 8.01. The van der Waals surface area contributed by atoms with Gasteiger partial charge in [-0.3, -0.25) is 9.59 Å². The predicted octanol–water partition coefficient (Wildman–Crippen LogP) is 3.87. The van der Waals surface area contributed by atoms with E-state index in [0.717, 1.165) is 16.9 Å². The van der Waals surface area contributed by atoms with Crippen molar-refractivity contribution in [1.29, 1.82) is 0 Å². The number of thioether (sulfide) groups is 1. The van der Waals surface area contributed by atoms with Crippen LogP contribution in [-0.2, 0) is 25.8 Å². The topological polar surface area (TPSA) is 92.3 Å². The first-order valence-corrected chi connectivity index (χ1v) is 12.1. The second kappa shape index (κ2) is 9.00. The average molecular weight is 433 g/mol. The molecule has 8 heteroatoms. The van der Waals surface area contributed by atoms with Crippen molar-refractivity contribution in [2.75, 3.05) is 16.4 Å². The molecule has 2 aromatic carbocycles. The Morgan fingerprint density at radius 1 is 1.17 bits per heavy atom. The van der Waals surface area contributed by atoms with Gasteiger partial charge in [0.05, 0.1) is 21.6 Å². The highest BCUT2D eigenvalue weighted by Gasteiger charge is 2.27. The fraction of sp³-hybridized carbons (Fsp3) is 0.333. The van der Waals surface area contributed by atoms with Crippen molar-refractivity contribution in [3.63, 3.8) is 0 Å². The molecule has 0 bridgehead atoms. The maximum absolute atomic E-state index is 12.7. The molecule has 2 amide bonds. The van der Waals surface area contributed by atoms with Gasteiger partial charge in [0, 0.05) is 17.0 Å². The van der Waals surface area contributed by atoms with Crippen molar-refractivity contribution in [3.05, 3.63) is 48.0 Å². The first-order valence-electron chi connectivity index (χ1n) is 9.55. The number of amides is 2. The number of nitrogens with one attached hydrogen (secondary N) is 2. The largest absolute Gasteiger partial charge is 0.326 e. The molecule has 0 spiro atoms. The molecule has 2 N–H and O–H groups in total. The molecule has 0 fully saturated rings. The third-order valence-electron chi connectivity index (χ3n) is 4.72. The lowest BCUT2D eigenvalue weighted by atomic mass is 10.1. The Balaban J connectivity index is 1.66. The number of aryl methyl sites for hydroxylation is 1. The summed E-state index contributed by atoms with van der Waals surface area (Å²) in [5.41, 5.74) is 2.26. The van der Waals surface area contributed by atoms with Crippen LogP contribution in [0.4, 0.5) is 11.4 Å². The first kappa shape index (κ1) is 21.4. The van der Waals surface area contributed by atoms with Gasteiger partial charge in [-0.25, -0.2) is 8.42 Å². The molecule has 6 nitrogen and oxygen atoms in total. The third-order valence-corrected chi connectivity index (χ3v) is 7.87. The van der Waals surface area contributed by atoms with Crippen LogP contribution in [0.1, 0.15) is 32.3 Å². The zero-order chi connectivity index (χ0) is 21.0. The molecule has 3 rings (SSSR count). The van der Waals surface area contributed by atoms with E-state index in [1.165, 1.54) is 23.9 Å². The number of hydrogen-bond acceptors (Lipinski definition) is 5. The molecule has 1 heterocycles. The molecule has 0 aromatic heterocycles. The summed E-state index contributed by atoms with van der Waals surface area (Å²) in [6, 6.07) is 12.2. The number of sulfone groups is 1. The van der Waals surface area contributed by atoms with Crippen LogP contribution in [0.15, 0.2) is 52.3 Å². The SMILES string of the molecule is CCc1cccc(NC(=O)CCS(=O)(=O)c2ccc3c(c2)NC(=O)[C@H](CC)S3)c1. The summed E-state index contributed by atoms with van der Waals surface area (Å²) in [5.74, 6) is -0.772. The van der Waals surface area contributed by atoms with E-state index < -0.39 is 9.84 Å². The van der Waals surface area contributed by atoms with Gasteiger partial charge >= 0.3 is 0 Å². The standard InChI is InChI=1S/C21H24N2O4S2/c1-3-14-6-5-7-15(12-14)22-20(24)10-11-29(26,27)16-8-9-19-17(13-16)23-21(25)18(4-2)28-19/h5-9,12-13,18H,3-4,10-11H2,1-2H3,(H,22,24)(H,23,25)/t18-/m0/s1. The molecule has 1 aliphatic rings. The predicted molar refractivity (Wildman–Crippen MR) is 116 cm³/mol. The molecule has 0 saturated carbocycles. The number of benzene rings is 2. The summed E-state index contributed by atoms with van der Waals surface area (Å²) in [6.07, 6.45) is 1.41. The number of carbonyl (C=O) groups is 2. The van der Waals surface area contributed by atoms with Crippen LogP contribution in [-0.4, -0.2) is 31.2 Å². The van der Waals surface area contributed by atoms with E-state index in [0.29, 0.717) is 17.8 Å². The Kier molecular flexibility index (Phi) is 6.64. The number of rotatable bonds is 7. The maximum atomic E-state index is 12.7. The lowest BCUT2D eigenvalue weighted by molar-refractivity contribution is -0.116. The summed E-state index contributed by atoms with van der Waals surface area (Å²) >= 11 is 1.44. The van der Waals surface area contributed by atoms with Gasteiger partial charge < -0.3 is 10.6 Å². The van der Waals surface area contributed by atoms with Gasteiger partial charge in [-0.05, 0) is 48.7 Å². The monoisotopic (exact) mass is 432 g/mol. The molecule has 0 unspecified atom stereocenters. The zero-order valence-corrected chi connectivity index (χ0v) is 18.0. The Hall–Kier alpha value is -2.32. The molecule has 0 saturated heterocycles. The Labute approximate surface area is 175 Å². The Morgan fingerprint density at radius 3 is 2.69 bits per heavy atom. The smallest absolute Gasteiger partial charge is 0.237 e. The summed E-state index contributed by atoms with van der Waals surface area (Å²) in [4.78, 5) is 25.2. The van der Waals surface area contributed by atoms with Crippen LogP contribution in [0.2, 0.25) is 0 Å². The minimum Gasteiger partial charge on any atom is -0.326 e. The Morgan fingerprint density at radius 2 is 1.97 bits per heavy atom. The van der Waals surface area contributed by atoms with Crippen LogP contribution >= 0.6 is 11.8 Å². The van der Waals surface area contributed by atoms with Crippen molar-refractivity contribution in [2.24, 2.45) is 0 Å². The van der Waals surface area contributed by atoms with Crippen LogP contribution in [0.3, 0.4) is 0 Å². The first-order chi connectivity index (χ1) is 13.8. The molecular weight excluding hydrogens is 408 g/mol. The summed E-state index contributed by atoms with van der Waals surface area (Å²) < 4.78 is 25.4. The van der Waals surface area contributed by atoms with Crippen molar-refractivity contribution in [3.8, 4) is 0 Å². The summed E-state index contributed by atoms with van der Waals surface area (Å²) in [5, 5.41) is 5.36. The van der Waals surface area contributed by atoms with Gasteiger partial charge in [-0.1, -0.05) is 26.0 Å². The van der Waals surface area contributed by atoms with Crippen LogP contribution in [0, 0.1) is 0 Å². The normalized spacial score (nSPS) is 16.1. The molecule has 1 aliphatic heterocycles. The number of anilines is 2. The number of carbonyl (C=O) groups excluding carboxylic acids is 2. The van der Waals surface area contributed by atoms with E-state index in [1.54, 1.807) is 12.1 Å². The van der Waals surface area contributed by atoms with E-state index >= 15 is 0 Å². The van der Waals surface area contributed by atoms with Gasteiger partial charge in [0.1, 0.15) is 0 Å². The lowest BCUT2D eigenvalue weighted by Crippen LogP contribution is -2.28. The molecule has 154 valence electrons. The third kappa shape index (κ3) is 5.19. The van der Waals surface area contributed by atoms with Crippen LogP contribution in [0.25, 0.3) is 0 Å². The van der Waals surface area contributed by atoms with E-state index in [2.05, 4.69) is 10.6 Å². The minimum absolute atomic E-state index is 0.105. The number of hydrogen-bond donors (Lipinski definition) is 2. The van der Waals surface area contributed by atoms with Gasteiger partial charge in [-0.15, -0.1) is 11.8 Å². The summed E-state index contributed by atoms with van der Waals surface area (Å²) in [6.45, 7) is 3.96. The average Bonchev–Trinajstić information content (AvgIpc) is 2.71. The van der Waals surface area contributed by atoms with Gasteiger partial charge in [0.25, 0.3) is 0 Å². The maximum Gasteiger partial charge on any atom is 0.237 e. The second-order valence-corrected chi connectivity index (χ2v) is 10.2.